The topological polar surface area (TPSA) is 74.5 Å². The molecule has 1 aromatic heterocycles. The van der Waals surface area contributed by atoms with Crippen molar-refractivity contribution < 1.29 is 9.32 Å². The number of benzene rings is 1. The molecule has 2 aliphatic rings. The summed E-state index contributed by atoms with van der Waals surface area (Å²) < 4.78 is 5.43. The number of nitrogens with zero attached hydrogens (tertiary/aromatic N) is 4. The van der Waals surface area contributed by atoms with E-state index in [0.29, 0.717) is 30.8 Å². The molecule has 7 nitrogen and oxygen atoms in total. The molecule has 1 saturated carbocycles. The molecule has 1 amide bonds. The van der Waals surface area contributed by atoms with Crippen LogP contribution in [0.25, 0.3) is 11.4 Å². The summed E-state index contributed by atoms with van der Waals surface area (Å²) in [6.07, 6.45) is 4.77. The molecule has 0 spiro atoms. The van der Waals surface area contributed by atoms with Gasteiger partial charge in [-0.05, 0) is 18.8 Å². The maximum Gasteiger partial charge on any atom is 0.241 e. The summed E-state index contributed by atoms with van der Waals surface area (Å²) >= 11 is 0. The average molecular weight is 398 g/mol. The number of hydrogen-bond acceptors (Lipinski definition) is 6. The van der Waals surface area contributed by atoms with Crippen molar-refractivity contribution in [2.45, 2.75) is 45.2 Å². The molecule has 2 unspecified atom stereocenters. The number of hydrogen-bond donors (Lipinski definition) is 1. The van der Waals surface area contributed by atoms with Gasteiger partial charge in [0.05, 0.1) is 13.1 Å². The number of carbonyl (C=O) groups is 1. The van der Waals surface area contributed by atoms with Crippen LogP contribution >= 0.6 is 0 Å². The summed E-state index contributed by atoms with van der Waals surface area (Å²) in [5.41, 5.74) is 0.964. The Morgan fingerprint density at radius 1 is 1.14 bits per heavy atom. The molecule has 0 radical (unpaired) electrons. The van der Waals surface area contributed by atoms with Crippen LogP contribution in [0.4, 0.5) is 0 Å². The maximum atomic E-state index is 12.4. The van der Waals surface area contributed by atoms with Gasteiger partial charge in [-0.25, -0.2) is 0 Å². The Kier molecular flexibility index (Phi) is 6.56. The van der Waals surface area contributed by atoms with Crippen molar-refractivity contribution in [2.75, 3.05) is 32.7 Å². The molecule has 29 heavy (non-hydrogen) atoms. The van der Waals surface area contributed by atoms with Crippen molar-refractivity contribution in [3.63, 3.8) is 0 Å². The predicted octanol–water partition coefficient (Wildman–Crippen LogP) is 2.55. The molecule has 2 fully saturated rings. The number of rotatable bonds is 6. The first-order valence-electron chi connectivity index (χ1n) is 10.8. The zero-order valence-corrected chi connectivity index (χ0v) is 17.2. The molecule has 1 saturated heterocycles. The lowest BCUT2D eigenvalue weighted by Gasteiger charge is -2.34. The molecule has 2 heterocycles. The fourth-order valence-electron chi connectivity index (χ4n) is 4.36. The van der Waals surface area contributed by atoms with E-state index in [0.717, 1.165) is 50.5 Å². The van der Waals surface area contributed by atoms with E-state index < -0.39 is 0 Å². The molecular formula is C22H31N5O2. The van der Waals surface area contributed by atoms with Crippen LogP contribution in [-0.2, 0) is 11.3 Å². The largest absolute Gasteiger partial charge is 0.352 e. The van der Waals surface area contributed by atoms with Crippen molar-refractivity contribution >= 4 is 5.91 Å². The third-order valence-electron chi connectivity index (χ3n) is 5.99. The highest BCUT2D eigenvalue weighted by Gasteiger charge is 2.24. The summed E-state index contributed by atoms with van der Waals surface area (Å²) in [7, 11) is 0. The van der Waals surface area contributed by atoms with E-state index in [2.05, 4.69) is 32.2 Å². The van der Waals surface area contributed by atoms with Crippen LogP contribution in [0.3, 0.4) is 0 Å². The van der Waals surface area contributed by atoms with Crippen LogP contribution in [-0.4, -0.2) is 64.6 Å². The summed E-state index contributed by atoms with van der Waals surface area (Å²) in [5.74, 6) is 2.17. The Hall–Kier alpha value is -2.25. The highest BCUT2D eigenvalue weighted by molar-refractivity contribution is 5.78. The second kappa shape index (κ2) is 9.50. The maximum absolute atomic E-state index is 12.4. The molecule has 0 bridgehead atoms. The van der Waals surface area contributed by atoms with Crippen LogP contribution in [0.5, 0.6) is 0 Å². The minimum atomic E-state index is 0.168. The molecule has 1 aliphatic carbocycles. The first-order chi connectivity index (χ1) is 14.2. The Morgan fingerprint density at radius 2 is 1.90 bits per heavy atom. The highest BCUT2D eigenvalue weighted by Crippen LogP contribution is 2.23. The quantitative estimate of drug-likeness (QED) is 0.807. The van der Waals surface area contributed by atoms with E-state index in [-0.39, 0.29) is 5.91 Å². The van der Waals surface area contributed by atoms with Crippen molar-refractivity contribution in [2.24, 2.45) is 5.92 Å². The minimum absolute atomic E-state index is 0.168. The van der Waals surface area contributed by atoms with Gasteiger partial charge in [-0.1, -0.05) is 55.3 Å². The Labute approximate surface area is 172 Å². The van der Waals surface area contributed by atoms with E-state index >= 15 is 0 Å². The van der Waals surface area contributed by atoms with E-state index in [9.17, 15) is 4.79 Å². The van der Waals surface area contributed by atoms with E-state index in [1.165, 1.54) is 12.8 Å². The van der Waals surface area contributed by atoms with Gasteiger partial charge in [0, 0.05) is 37.8 Å². The second-order valence-corrected chi connectivity index (χ2v) is 8.47. The molecular weight excluding hydrogens is 366 g/mol. The van der Waals surface area contributed by atoms with E-state index in [4.69, 9.17) is 4.52 Å². The molecule has 1 aliphatic heterocycles. The van der Waals surface area contributed by atoms with Crippen LogP contribution in [0, 0.1) is 5.92 Å². The number of amides is 1. The van der Waals surface area contributed by atoms with Gasteiger partial charge in [0.15, 0.2) is 0 Å². The molecule has 2 aromatic rings. The standard InChI is InChI=1S/C22H31N5O2/c1-17-6-5-9-19(14-17)23-20(28)15-26-10-12-27(13-11-26)16-21-24-22(25-29-21)18-7-3-2-4-8-18/h2-4,7-8,17,19H,5-6,9-16H2,1H3,(H,23,28). The van der Waals surface area contributed by atoms with Gasteiger partial charge < -0.3 is 9.84 Å². The molecule has 2 atom stereocenters. The molecule has 7 heteroatoms. The summed E-state index contributed by atoms with van der Waals surface area (Å²) in [6, 6.07) is 10.2. The summed E-state index contributed by atoms with van der Waals surface area (Å²) in [6.45, 7) is 7.00. The zero-order valence-electron chi connectivity index (χ0n) is 17.2. The van der Waals surface area contributed by atoms with Gasteiger partial charge in [-0.15, -0.1) is 0 Å². The van der Waals surface area contributed by atoms with Gasteiger partial charge in [0.1, 0.15) is 0 Å². The number of aromatic nitrogens is 2. The van der Waals surface area contributed by atoms with Crippen LogP contribution in [0.1, 0.15) is 38.5 Å². The van der Waals surface area contributed by atoms with Crippen molar-refractivity contribution in [3.8, 4) is 11.4 Å². The predicted molar refractivity (Wildman–Crippen MR) is 111 cm³/mol. The third-order valence-corrected chi connectivity index (χ3v) is 5.99. The lowest BCUT2D eigenvalue weighted by atomic mass is 9.87. The lowest BCUT2D eigenvalue weighted by Crippen LogP contribution is -2.50. The van der Waals surface area contributed by atoms with Gasteiger partial charge >= 0.3 is 0 Å². The van der Waals surface area contributed by atoms with Crippen LogP contribution < -0.4 is 5.32 Å². The Balaban J connectivity index is 1.20. The first kappa shape index (κ1) is 20.0. The monoisotopic (exact) mass is 397 g/mol. The number of piperazine rings is 1. The molecule has 4 rings (SSSR count). The number of carbonyl (C=O) groups excluding carboxylic acids is 1. The molecule has 1 N–H and O–H groups in total. The van der Waals surface area contributed by atoms with Crippen molar-refractivity contribution in [3.05, 3.63) is 36.2 Å². The Morgan fingerprint density at radius 3 is 2.66 bits per heavy atom. The minimum Gasteiger partial charge on any atom is -0.352 e. The number of nitrogens with one attached hydrogen (secondary N) is 1. The van der Waals surface area contributed by atoms with Gasteiger partial charge in [-0.2, -0.15) is 4.98 Å². The highest BCUT2D eigenvalue weighted by atomic mass is 16.5. The average Bonchev–Trinajstić information content (AvgIpc) is 3.19. The smallest absolute Gasteiger partial charge is 0.241 e. The SMILES string of the molecule is CC1CCCC(NC(=O)CN2CCN(Cc3nc(-c4ccccc4)no3)CC2)C1. The van der Waals surface area contributed by atoms with Crippen molar-refractivity contribution in [1.82, 2.24) is 25.3 Å². The summed E-state index contributed by atoms with van der Waals surface area (Å²) in [5, 5.41) is 7.33. The first-order valence-corrected chi connectivity index (χ1v) is 10.8. The third kappa shape index (κ3) is 5.64. The fourth-order valence-corrected chi connectivity index (χ4v) is 4.36. The van der Waals surface area contributed by atoms with Crippen molar-refractivity contribution in [1.29, 1.82) is 0 Å². The van der Waals surface area contributed by atoms with Gasteiger partial charge in [-0.3, -0.25) is 14.6 Å². The normalized spacial score (nSPS) is 23.8. The van der Waals surface area contributed by atoms with Gasteiger partial charge in [0.25, 0.3) is 0 Å². The van der Waals surface area contributed by atoms with Gasteiger partial charge in [0.2, 0.25) is 17.6 Å². The van der Waals surface area contributed by atoms with Crippen LogP contribution in [0.2, 0.25) is 0 Å². The lowest BCUT2D eigenvalue weighted by molar-refractivity contribution is -0.123. The molecule has 1 aromatic carbocycles. The van der Waals surface area contributed by atoms with E-state index in [1.807, 2.05) is 30.3 Å². The Bertz CT molecular complexity index is 786. The zero-order chi connectivity index (χ0) is 20.1. The second-order valence-electron chi connectivity index (χ2n) is 8.47. The fraction of sp³-hybridized carbons (Fsp3) is 0.591. The van der Waals surface area contributed by atoms with Crippen LogP contribution in [0.15, 0.2) is 34.9 Å². The van der Waals surface area contributed by atoms with E-state index in [1.54, 1.807) is 0 Å². The molecule has 156 valence electrons. The summed E-state index contributed by atoms with van der Waals surface area (Å²) in [4.78, 5) is 21.5.